The molecule has 0 saturated heterocycles. The van der Waals surface area contributed by atoms with Gasteiger partial charge in [-0.25, -0.2) is 4.98 Å². The number of carboxylic acid groups (broad SMARTS) is 1. The van der Waals surface area contributed by atoms with Crippen molar-refractivity contribution in [2.75, 3.05) is 6.54 Å². The third-order valence-corrected chi connectivity index (χ3v) is 3.94. The summed E-state index contributed by atoms with van der Waals surface area (Å²) in [7, 11) is 0. The van der Waals surface area contributed by atoms with Gasteiger partial charge in [0.05, 0.1) is 16.6 Å². The Labute approximate surface area is 106 Å². The minimum atomic E-state index is -0.729. The fourth-order valence-electron chi connectivity index (χ4n) is 1.69. The van der Waals surface area contributed by atoms with Crippen LogP contribution < -0.4 is 5.73 Å². The van der Waals surface area contributed by atoms with E-state index in [-0.39, 0.29) is 5.92 Å². The van der Waals surface area contributed by atoms with E-state index in [2.05, 4.69) is 4.98 Å². The molecule has 0 aliphatic rings. The molecule has 1 aromatic rings. The minimum Gasteiger partial charge on any atom is -0.481 e. The fourth-order valence-corrected chi connectivity index (χ4v) is 2.70. The number of aromatic nitrogens is 1. The Morgan fingerprint density at radius 2 is 2.18 bits per heavy atom. The van der Waals surface area contributed by atoms with E-state index < -0.39 is 5.97 Å². The Hall–Kier alpha value is -0.940. The number of nitrogens with zero attached hydrogens (tertiary/aromatic N) is 1. The first kappa shape index (κ1) is 14.1. The zero-order valence-corrected chi connectivity index (χ0v) is 11.2. The molecule has 4 nitrogen and oxygen atoms in total. The van der Waals surface area contributed by atoms with Gasteiger partial charge < -0.3 is 10.8 Å². The van der Waals surface area contributed by atoms with Gasteiger partial charge in [-0.1, -0.05) is 6.42 Å². The number of hydrogen-bond donors (Lipinski definition) is 2. The number of unbranched alkanes of at least 4 members (excludes halogenated alkanes) is 1. The van der Waals surface area contributed by atoms with Gasteiger partial charge in [0, 0.05) is 11.3 Å². The van der Waals surface area contributed by atoms with Crippen molar-refractivity contribution in [1.29, 1.82) is 0 Å². The molecule has 0 amide bonds. The molecule has 0 saturated carbocycles. The molecule has 0 bridgehead atoms. The normalized spacial score (nSPS) is 12.6. The van der Waals surface area contributed by atoms with Crippen LogP contribution in [0.1, 0.15) is 34.8 Å². The van der Waals surface area contributed by atoms with Gasteiger partial charge in [-0.05, 0) is 33.2 Å². The van der Waals surface area contributed by atoms with Crippen LogP contribution in [-0.2, 0) is 11.2 Å². The molecule has 1 aromatic heterocycles. The molecule has 0 fully saturated rings. The number of rotatable bonds is 7. The number of carbonyl (C=O) groups is 1. The van der Waals surface area contributed by atoms with Crippen LogP contribution in [0.25, 0.3) is 0 Å². The van der Waals surface area contributed by atoms with E-state index in [1.807, 2.05) is 13.8 Å². The Morgan fingerprint density at radius 3 is 2.65 bits per heavy atom. The van der Waals surface area contributed by atoms with E-state index in [0.29, 0.717) is 19.4 Å². The Balaban J connectivity index is 2.57. The average molecular weight is 256 g/mol. The van der Waals surface area contributed by atoms with Crippen LogP contribution in [0.5, 0.6) is 0 Å². The molecular formula is C12H20N2O2S. The lowest BCUT2D eigenvalue weighted by atomic mass is 9.99. The summed E-state index contributed by atoms with van der Waals surface area (Å²) >= 11 is 1.60. The van der Waals surface area contributed by atoms with Crippen LogP contribution >= 0.6 is 11.3 Å². The number of aliphatic carboxylic acids is 1. The summed E-state index contributed by atoms with van der Waals surface area (Å²) < 4.78 is 0. The molecule has 1 atom stereocenters. The summed E-state index contributed by atoms with van der Waals surface area (Å²) in [5.74, 6) is -1.06. The molecular weight excluding hydrogens is 236 g/mol. The third-order valence-electron chi connectivity index (χ3n) is 2.85. The van der Waals surface area contributed by atoms with E-state index in [4.69, 9.17) is 10.8 Å². The van der Waals surface area contributed by atoms with Crippen molar-refractivity contribution in [3.63, 3.8) is 0 Å². The van der Waals surface area contributed by atoms with Gasteiger partial charge in [-0.3, -0.25) is 4.79 Å². The fraction of sp³-hybridized carbons (Fsp3) is 0.667. The maximum atomic E-state index is 11.1. The van der Waals surface area contributed by atoms with Crippen LogP contribution in [0.2, 0.25) is 0 Å². The van der Waals surface area contributed by atoms with Crippen LogP contribution in [0.3, 0.4) is 0 Å². The molecule has 3 N–H and O–H groups in total. The summed E-state index contributed by atoms with van der Waals surface area (Å²) in [6.45, 7) is 4.60. The van der Waals surface area contributed by atoms with Gasteiger partial charge in [0.2, 0.25) is 0 Å². The average Bonchev–Trinajstić information content (AvgIpc) is 2.57. The molecule has 17 heavy (non-hydrogen) atoms. The van der Waals surface area contributed by atoms with Crippen molar-refractivity contribution in [3.8, 4) is 0 Å². The van der Waals surface area contributed by atoms with E-state index in [1.54, 1.807) is 11.3 Å². The van der Waals surface area contributed by atoms with Gasteiger partial charge in [-0.15, -0.1) is 11.3 Å². The first-order valence-electron chi connectivity index (χ1n) is 5.90. The highest BCUT2D eigenvalue weighted by Gasteiger charge is 2.19. The van der Waals surface area contributed by atoms with Crippen LogP contribution in [0.4, 0.5) is 0 Å². The quantitative estimate of drug-likeness (QED) is 0.733. The zero-order chi connectivity index (χ0) is 12.8. The van der Waals surface area contributed by atoms with Crippen molar-refractivity contribution < 1.29 is 9.90 Å². The van der Waals surface area contributed by atoms with Crippen molar-refractivity contribution in [2.24, 2.45) is 11.7 Å². The molecule has 1 unspecified atom stereocenters. The van der Waals surface area contributed by atoms with Crippen molar-refractivity contribution in [1.82, 2.24) is 4.98 Å². The number of thiazole rings is 1. The predicted molar refractivity (Wildman–Crippen MR) is 69.3 cm³/mol. The van der Waals surface area contributed by atoms with Gasteiger partial charge in [0.15, 0.2) is 0 Å². The molecule has 96 valence electrons. The molecule has 0 aliphatic carbocycles. The highest BCUT2D eigenvalue weighted by Crippen LogP contribution is 2.22. The number of hydrogen-bond acceptors (Lipinski definition) is 4. The molecule has 5 heteroatoms. The Morgan fingerprint density at radius 1 is 1.47 bits per heavy atom. The maximum Gasteiger partial charge on any atom is 0.306 e. The first-order chi connectivity index (χ1) is 8.04. The summed E-state index contributed by atoms with van der Waals surface area (Å²) in [6, 6.07) is 0. The highest BCUT2D eigenvalue weighted by atomic mass is 32.1. The largest absolute Gasteiger partial charge is 0.481 e. The van der Waals surface area contributed by atoms with E-state index in [0.717, 1.165) is 23.5 Å². The van der Waals surface area contributed by atoms with E-state index in [1.165, 1.54) is 4.88 Å². The lowest BCUT2D eigenvalue weighted by molar-refractivity contribution is -0.142. The lowest BCUT2D eigenvalue weighted by Crippen LogP contribution is -2.17. The van der Waals surface area contributed by atoms with Crippen LogP contribution in [0.15, 0.2) is 0 Å². The minimum absolute atomic E-state index is 0.327. The van der Waals surface area contributed by atoms with Crippen LogP contribution in [0, 0.1) is 19.8 Å². The number of aryl methyl sites for hydroxylation is 2. The summed E-state index contributed by atoms with van der Waals surface area (Å²) in [5.41, 5.74) is 6.42. The van der Waals surface area contributed by atoms with Crippen molar-refractivity contribution >= 4 is 17.3 Å². The van der Waals surface area contributed by atoms with E-state index in [9.17, 15) is 4.79 Å². The first-order valence-corrected chi connectivity index (χ1v) is 6.72. The monoisotopic (exact) mass is 256 g/mol. The molecule has 1 heterocycles. The Kier molecular flexibility index (Phi) is 5.58. The predicted octanol–water partition coefficient (Wildman–Crippen LogP) is 2.13. The van der Waals surface area contributed by atoms with Crippen molar-refractivity contribution in [3.05, 3.63) is 15.6 Å². The third kappa shape index (κ3) is 4.44. The lowest BCUT2D eigenvalue weighted by Gasteiger charge is -2.09. The Bertz CT molecular complexity index is 357. The summed E-state index contributed by atoms with van der Waals surface area (Å²) in [5, 5.41) is 10.1. The standard InChI is InChI=1S/C12H20N2O2S/c1-8-9(2)17-11(14-8)7-10(12(15)16)5-3-4-6-13/h10H,3-7,13H2,1-2H3,(H,15,16). The van der Waals surface area contributed by atoms with E-state index >= 15 is 0 Å². The SMILES string of the molecule is Cc1nc(CC(CCCCN)C(=O)O)sc1C. The molecule has 1 rings (SSSR count). The van der Waals surface area contributed by atoms with Gasteiger partial charge in [-0.2, -0.15) is 0 Å². The topological polar surface area (TPSA) is 76.2 Å². The van der Waals surface area contributed by atoms with Gasteiger partial charge in [0.1, 0.15) is 0 Å². The summed E-state index contributed by atoms with van der Waals surface area (Å²) in [6.07, 6.45) is 2.99. The number of carboxylic acids is 1. The molecule has 0 radical (unpaired) electrons. The number of nitrogens with two attached hydrogens (primary N) is 1. The zero-order valence-electron chi connectivity index (χ0n) is 10.4. The van der Waals surface area contributed by atoms with Gasteiger partial charge >= 0.3 is 5.97 Å². The molecule has 0 spiro atoms. The molecule has 0 aliphatic heterocycles. The summed E-state index contributed by atoms with van der Waals surface area (Å²) in [4.78, 5) is 16.7. The second-order valence-electron chi connectivity index (χ2n) is 4.27. The molecule has 0 aromatic carbocycles. The van der Waals surface area contributed by atoms with Crippen LogP contribution in [-0.4, -0.2) is 22.6 Å². The highest BCUT2D eigenvalue weighted by molar-refractivity contribution is 7.11. The second kappa shape index (κ2) is 6.71. The van der Waals surface area contributed by atoms with Gasteiger partial charge in [0.25, 0.3) is 0 Å². The maximum absolute atomic E-state index is 11.1. The smallest absolute Gasteiger partial charge is 0.306 e. The van der Waals surface area contributed by atoms with Crippen molar-refractivity contribution in [2.45, 2.75) is 39.5 Å². The second-order valence-corrected chi connectivity index (χ2v) is 5.56.